The van der Waals surface area contributed by atoms with Gasteiger partial charge in [0.1, 0.15) is 5.56 Å². The van der Waals surface area contributed by atoms with Crippen LogP contribution in [0.2, 0.25) is 5.02 Å². The number of phenols is 1. The molecule has 5 heteroatoms. The molecular formula is C23H16ClNO3. The van der Waals surface area contributed by atoms with Gasteiger partial charge in [-0.1, -0.05) is 54.1 Å². The van der Waals surface area contributed by atoms with Gasteiger partial charge in [0.15, 0.2) is 11.5 Å². The maximum Gasteiger partial charge on any atom is 0.347 e. The minimum Gasteiger partial charge on any atom is -0.504 e. The van der Waals surface area contributed by atoms with Gasteiger partial charge in [-0.3, -0.25) is 4.98 Å². The van der Waals surface area contributed by atoms with Gasteiger partial charge in [0.25, 0.3) is 0 Å². The molecule has 0 unspecified atom stereocenters. The number of rotatable bonds is 3. The van der Waals surface area contributed by atoms with Crippen LogP contribution >= 0.6 is 11.6 Å². The highest BCUT2D eigenvalue weighted by Gasteiger charge is 2.19. The number of esters is 1. The van der Waals surface area contributed by atoms with Crippen molar-refractivity contribution in [2.45, 2.75) is 6.92 Å². The molecule has 0 saturated carbocycles. The second-order valence-corrected chi connectivity index (χ2v) is 6.80. The second kappa shape index (κ2) is 7.33. The van der Waals surface area contributed by atoms with E-state index in [9.17, 15) is 9.90 Å². The van der Waals surface area contributed by atoms with Crippen LogP contribution in [0.4, 0.5) is 0 Å². The molecule has 0 atom stereocenters. The van der Waals surface area contributed by atoms with Gasteiger partial charge >= 0.3 is 5.97 Å². The molecule has 0 aliphatic carbocycles. The summed E-state index contributed by atoms with van der Waals surface area (Å²) in [5, 5.41) is 10.9. The Hall–Kier alpha value is -3.37. The molecule has 4 nitrogen and oxygen atoms in total. The number of aryl methyl sites for hydroxylation is 1. The van der Waals surface area contributed by atoms with Crippen molar-refractivity contribution >= 4 is 28.5 Å². The van der Waals surface area contributed by atoms with Gasteiger partial charge in [0.05, 0.1) is 10.5 Å². The summed E-state index contributed by atoms with van der Waals surface area (Å²) < 4.78 is 5.34. The SMILES string of the molecule is Cc1ccccc1-c1cnc2c(C(=O)Oc3ccccc3O)c(Cl)ccc2c1. The summed E-state index contributed by atoms with van der Waals surface area (Å²) >= 11 is 6.28. The lowest BCUT2D eigenvalue weighted by molar-refractivity contribution is 0.0731. The lowest BCUT2D eigenvalue weighted by Crippen LogP contribution is -2.10. The van der Waals surface area contributed by atoms with Gasteiger partial charge in [-0.2, -0.15) is 0 Å². The number of aromatic nitrogens is 1. The number of hydrogen-bond donors (Lipinski definition) is 1. The first-order chi connectivity index (χ1) is 13.5. The van der Waals surface area contributed by atoms with Gasteiger partial charge in [0.2, 0.25) is 0 Å². The van der Waals surface area contributed by atoms with E-state index in [2.05, 4.69) is 4.98 Å². The van der Waals surface area contributed by atoms with Crippen LogP contribution in [0.3, 0.4) is 0 Å². The Morgan fingerprint density at radius 2 is 1.79 bits per heavy atom. The van der Waals surface area contributed by atoms with E-state index in [1.807, 2.05) is 43.3 Å². The summed E-state index contributed by atoms with van der Waals surface area (Å²) in [6, 6.07) is 19.7. The van der Waals surface area contributed by atoms with Crippen molar-refractivity contribution in [1.82, 2.24) is 4.98 Å². The number of halogens is 1. The number of phenolic OH excluding ortho intramolecular Hbond substituents is 1. The molecule has 0 bridgehead atoms. The zero-order valence-corrected chi connectivity index (χ0v) is 15.8. The number of fused-ring (bicyclic) bond motifs is 1. The first-order valence-corrected chi connectivity index (χ1v) is 9.07. The minimum absolute atomic E-state index is 0.0668. The highest BCUT2D eigenvalue weighted by molar-refractivity contribution is 6.35. The molecule has 0 radical (unpaired) electrons. The van der Waals surface area contributed by atoms with E-state index in [0.717, 1.165) is 22.1 Å². The first-order valence-electron chi connectivity index (χ1n) is 8.69. The van der Waals surface area contributed by atoms with E-state index in [-0.39, 0.29) is 22.1 Å². The normalized spacial score (nSPS) is 10.8. The van der Waals surface area contributed by atoms with Crippen LogP contribution in [-0.4, -0.2) is 16.1 Å². The summed E-state index contributed by atoms with van der Waals surface area (Å²) in [6.45, 7) is 2.04. The molecule has 1 heterocycles. The van der Waals surface area contributed by atoms with Crippen molar-refractivity contribution in [3.05, 3.63) is 89.1 Å². The summed E-state index contributed by atoms with van der Waals surface area (Å²) in [5.74, 6) is -0.729. The third-order valence-electron chi connectivity index (χ3n) is 4.53. The quantitative estimate of drug-likeness (QED) is 0.356. The Bertz CT molecular complexity index is 1200. The van der Waals surface area contributed by atoms with Gasteiger partial charge < -0.3 is 9.84 Å². The standard InChI is InChI=1S/C23H16ClNO3/c1-14-6-2-3-7-17(14)16-12-15-10-11-18(24)21(22(15)25-13-16)23(27)28-20-9-5-4-8-19(20)26/h2-13,26H,1H3. The predicted octanol–water partition coefficient (Wildman–Crippen LogP) is 5.79. The van der Waals surface area contributed by atoms with Crippen LogP contribution in [0, 0.1) is 6.92 Å². The summed E-state index contributed by atoms with van der Waals surface area (Å²) in [7, 11) is 0. The Morgan fingerprint density at radius 3 is 2.57 bits per heavy atom. The fourth-order valence-electron chi connectivity index (χ4n) is 3.11. The van der Waals surface area contributed by atoms with E-state index in [4.69, 9.17) is 16.3 Å². The lowest BCUT2D eigenvalue weighted by Gasteiger charge is -2.11. The molecule has 1 aromatic heterocycles. The fourth-order valence-corrected chi connectivity index (χ4v) is 3.34. The Balaban J connectivity index is 1.79. The highest BCUT2D eigenvalue weighted by atomic mass is 35.5. The number of aromatic hydroxyl groups is 1. The molecule has 138 valence electrons. The molecule has 0 aliphatic rings. The largest absolute Gasteiger partial charge is 0.504 e. The van der Waals surface area contributed by atoms with Crippen molar-refractivity contribution < 1.29 is 14.6 Å². The molecule has 0 amide bonds. The van der Waals surface area contributed by atoms with Crippen LogP contribution in [0.5, 0.6) is 11.5 Å². The summed E-state index contributed by atoms with van der Waals surface area (Å²) in [5.41, 5.74) is 3.78. The number of ether oxygens (including phenoxy) is 1. The Labute approximate surface area is 167 Å². The Kier molecular flexibility index (Phi) is 4.72. The van der Waals surface area contributed by atoms with Crippen LogP contribution in [0.1, 0.15) is 15.9 Å². The molecule has 0 aliphatic heterocycles. The average molecular weight is 390 g/mol. The van der Waals surface area contributed by atoms with Crippen LogP contribution in [-0.2, 0) is 0 Å². The van der Waals surface area contributed by atoms with Gasteiger partial charge in [0, 0.05) is 17.1 Å². The van der Waals surface area contributed by atoms with E-state index in [0.29, 0.717) is 5.52 Å². The molecule has 4 aromatic rings. The summed E-state index contributed by atoms with van der Waals surface area (Å²) in [6.07, 6.45) is 1.72. The molecule has 28 heavy (non-hydrogen) atoms. The smallest absolute Gasteiger partial charge is 0.347 e. The molecular weight excluding hydrogens is 374 g/mol. The van der Waals surface area contributed by atoms with Crippen molar-refractivity contribution in [2.75, 3.05) is 0 Å². The van der Waals surface area contributed by atoms with Crippen molar-refractivity contribution in [2.24, 2.45) is 0 Å². The van der Waals surface area contributed by atoms with Crippen molar-refractivity contribution in [3.8, 4) is 22.6 Å². The number of pyridine rings is 1. The maximum absolute atomic E-state index is 12.8. The van der Waals surface area contributed by atoms with Crippen LogP contribution < -0.4 is 4.74 Å². The van der Waals surface area contributed by atoms with E-state index in [1.54, 1.807) is 24.4 Å². The molecule has 0 fully saturated rings. The van der Waals surface area contributed by atoms with E-state index >= 15 is 0 Å². The molecule has 0 saturated heterocycles. The van der Waals surface area contributed by atoms with Crippen molar-refractivity contribution in [1.29, 1.82) is 0 Å². The highest BCUT2D eigenvalue weighted by Crippen LogP contribution is 2.32. The Morgan fingerprint density at radius 1 is 1.04 bits per heavy atom. The van der Waals surface area contributed by atoms with Gasteiger partial charge in [-0.15, -0.1) is 0 Å². The minimum atomic E-state index is -0.673. The number of benzene rings is 3. The maximum atomic E-state index is 12.8. The van der Waals surface area contributed by atoms with Gasteiger partial charge in [-0.05, 0) is 42.3 Å². The first kappa shape index (κ1) is 18.0. The number of para-hydroxylation sites is 2. The van der Waals surface area contributed by atoms with Crippen molar-refractivity contribution in [3.63, 3.8) is 0 Å². The average Bonchev–Trinajstić information content (AvgIpc) is 2.69. The zero-order chi connectivity index (χ0) is 19.7. The van der Waals surface area contributed by atoms with E-state index in [1.165, 1.54) is 12.1 Å². The van der Waals surface area contributed by atoms with Crippen LogP contribution in [0.15, 0.2) is 72.9 Å². The monoisotopic (exact) mass is 389 g/mol. The zero-order valence-electron chi connectivity index (χ0n) is 15.0. The topological polar surface area (TPSA) is 59.4 Å². The third kappa shape index (κ3) is 3.30. The molecule has 0 spiro atoms. The van der Waals surface area contributed by atoms with E-state index < -0.39 is 5.97 Å². The van der Waals surface area contributed by atoms with Crippen LogP contribution in [0.25, 0.3) is 22.0 Å². The predicted molar refractivity (Wildman–Crippen MR) is 110 cm³/mol. The molecule has 1 N–H and O–H groups in total. The number of nitrogens with zero attached hydrogens (tertiary/aromatic N) is 1. The van der Waals surface area contributed by atoms with Gasteiger partial charge in [-0.25, -0.2) is 4.79 Å². The molecule has 4 rings (SSSR count). The summed E-state index contributed by atoms with van der Waals surface area (Å²) in [4.78, 5) is 17.2. The number of carbonyl (C=O) groups is 1. The number of carbonyl (C=O) groups excluding carboxylic acids is 1. The fraction of sp³-hybridized carbons (Fsp3) is 0.0435. The second-order valence-electron chi connectivity index (χ2n) is 6.39. The lowest BCUT2D eigenvalue weighted by atomic mass is 10.00. The third-order valence-corrected chi connectivity index (χ3v) is 4.85. The number of hydrogen-bond acceptors (Lipinski definition) is 4. The molecule has 3 aromatic carbocycles.